The number of hydrogen-bond acceptors (Lipinski definition) is 4. The van der Waals surface area contributed by atoms with Gasteiger partial charge < -0.3 is 9.47 Å². The summed E-state index contributed by atoms with van der Waals surface area (Å²) in [6.07, 6.45) is 0. The Morgan fingerprint density at radius 3 is 2.91 bits per heavy atom. The number of nitrogens with one attached hydrogen (secondary N) is 1. The summed E-state index contributed by atoms with van der Waals surface area (Å²) >= 11 is 0. The van der Waals surface area contributed by atoms with E-state index >= 15 is 0 Å². The van der Waals surface area contributed by atoms with Crippen molar-refractivity contribution in [3.05, 3.63) is 0 Å². The van der Waals surface area contributed by atoms with Gasteiger partial charge in [0.05, 0.1) is 20.3 Å². The number of carbonyl (C=O) groups is 1. The molecule has 1 heterocycles. The van der Waals surface area contributed by atoms with Gasteiger partial charge in [0, 0.05) is 6.04 Å². The lowest BCUT2D eigenvalue weighted by Gasteiger charge is -2.26. The third-order valence-corrected chi connectivity index (χ3v) is 1.62. The lowest BCUT2D eigenvalue weighted by molar-refractivity contribution is -0.146. The zero-order chi connectivity index (χ0) is 8.27. The summed E-state index contributed by atoms with van der Waals surface area (Å²) < 4.78 is 9.71. The molecule has 0 aromatic heterocycles. The number of hydrogen-bond donors (Lipinski definition) is 1. The standard InChI is InChI=1S/C7H13NO3/c1-5-3-11-4-6(8-5)7(9)10-2/h5-6,8H,3-4H2,1-2H3/t5-,6-/m0/s1. The van der Waals surface area contributed by atoms with Crippen LogP contribution < -0.4 is 5.32 Å². The Morgan fingerprint density at radius 2 is 2.36 bits per heavy atom. The molecule has 0 aliphatic carbocycles. The van der Waals surface area contributed by atoms with E-state index in [0.717, 1.165) is 0 Å². The largest absolute Gasteiger partial charge is 0.468 e. The monoisotopic (exact) mass is 159 g/mol. The summed E-state index contributed by atoms with van der Waals surface area (Å²) in [7, 11) is 1.38. The average molecular weight is 159 g/mol. The van der Waals surface area contributed by atoms with E-state index in [0.29, 0.717) is 13.2 Å². The van der Waals surface area contributed by atoms with E-state index in [4.69, 9.17) is 4.74 Å². The molecule has 0 aromatic carbocycles. The van der Waals surface area contributed by atoms with Gasteiger partial charge >= 0.3 is 5.97 Å². The molecule has 0 unspecified atom stereocenters. The van der Waals surface area contributed by atoms with Gasteiger partial charge in [0.1, 0.15) is 6.04 Å². The highest BCUT2D eigenvalue weighted by Gasteiger charge is 2.24. The summed E-state index contributed by atoms with van der Waals surface area (Å²) in [6.45, 7) is 3.04. The molecule has 0 spiro atoms. The quantitative estimate of drug-likeness (QED) is 0.526. The molecule has 1 saturated heterocycles. The predicted octanol–water partition coefficient (Wildman–Crippen LogP) is -0.464. The molecule has 1 fully saturated rings. The van der Waals surface area contributed by atoms with Gasteiger partial charge in [-0.15, -0.1) is 0 Å². The number of carbonyl (C=O) groups excluding carboxylic acids is 1. The van der Waals surface area contributed by atoms with Gasteiger partial charge in [-0.3, -0.25) is 10.1 Å². The SMILES string of the molecule is COC(=O)[C@@H]1COC[C@H](C)N1. The minimum atomic E-state index is -0.288. The van der Waals surface area contributed by atoms with Crippen LogP contribution in [0, 0.1) is 0 Å². The van der Waals surface area contributed by atoms with E-state index in [1.54, 1.807) is 0 Å². The van der Waals surface area contributed by atoms with Gasteiger partial charge in [0.25, 0.3) is 0 Å². The first-order chi connectivity index (χ1) is 5.24. The van der Waals surface area contributed by atoms with Crippen LogP contribution in [0.15, 0.2) is 0 Å². The zero-order valence-electron chi connectivity index (χ0n) is 6.79. The first-order valence-electron chi connectivity index (χ1n) is 3.65. The van der Waals surface area contributed by atoms with Crippen molar-refractivity contribution in [3.63, 3.8) is 0 Å². The van der Waals surface area contributed by atoms with Gasteiger partial charge in [0.15, 0.2) is 0 Å². The number of ether oxygens (including phenoxy) is 2. The topological polar surface area (TPSA) is 47.6 Å². The van der Waals surface area contributed by atoms with Crippen molar-refractivity contribution < 1.29 is 14.3 Å². The second-order valence-electron chi connectivity index (χ2n) is 2.68. The van der Waals surface area contributed by atoms with Crippen LogP contribution in [0.4, 0.5) is 0 Å². The molecule has 0 radical (unpaired) electrons. The Morgan fingerprint density at radius 1 is 1.64 bits per heavy atom. The Balaban J connectivity index is 2.39. The molecule has 1 N–H and O–H groups in total. The first kappa shape index (κ1) is 8.49. The molecule has 1 aliphatic rings. The molecule has 4 nitrogen and oxygen atoms in total. The highest BCUT2D eigenvalue weighted by molar-refractivity contribution is 5.75. The lowest BCUT2D eigenvalue weighted by atomic mass is 10.2. The van der Waals surface area contributed by atoms with Crippen molar-refractivity contribution in [2.24, 2.45) is 0 Å². The second kappa shape index (κ2) is 3.69. The van der Waals surface area contributed by atoms with Crippen LogP contribution >= 0.6 is 0 Å². The van der Waals surface area contributed by atoms with Crippen molar-refractivity contribution in [2.75, 3.05) is 20.3 Å². The van der Waals surface area contributed by atoms with Crippen molar-refractivity contribution in [1.82, 2.24) is 5.32 Å². The van der Waals surface area contributed by atoms with Crippen LogP contribution in [0.5, 0.6) is 0 Å². The Hall–Kier alpha value is -0.610. The summed E-state index contributed by atoms with van der Waals surface area (Å²) in [5.41, 5.74) is 0. The molecule has 0 saturated carbocycles. The van der Waals surface area contributed by atoms with Crippen LogP contribution in [0.2, 0.25) is 0 Å². The Bertz CT molecular complexity index is 149. The minimum Gasteiger partial charge on any atom is -0.468 e. The van der Waals surface area contributed by atoms with Crippen LogP contribution in [0.25, 0.3) is 0 Å². The molecule has 1 aliphatic heterocycles. The minimum absolute atomic E-state index is 0.229. The third kappa shape index (κ3) is 2.17. The van der Waals surface area contributed by atoms with E-state index in [1.807, 2.05) is 6.92 Å². The van der Waals surface area contributed by atoms with E-state index in [1.165, 1.54) is 7.11 Å². The van der Waals surface area contributed by atoms with Crippen molar-refractivity contribution in [3.8, 4) is 0 Å². The number of morpholine rings is 1. The Kier molecular flexibility index (Phi) is 2.84. The van der Waals surface area contributed by atoms with Crippen molar-refractivity contribution in [1.29, 1.82) is 0 Å². The van der Waals surface area contributed by atoms with Crippen LogP contribution in [0.1, 0.15) is 6.92 Å². The molecule has 0 amide bonds. The summed E-state index contributed by atoms with van der Waals surface area (Å²) in [5.74, 6) is -0.253. The number of esters is 1. The predicted molar refractivity (Wildman–Crippen MR) is 39.2 cm³/mol. The first-order valence-corrected chi connectivity index (χ1v) is 3.65. The summed E-state index contributed by atoms with van der Waals surface area (Å²) in [5, 5.41) is 3.07. The fourth-order valence-electron chi connectivity index (χ4n) is 1.08. The summed E-state index contributed by atoms with van der Waals surface area (Å²) in [4.78, 5) is 10.9. The van der Waals surface area contributed by atoms with Gasteiger partial charge in [-0.25, -0.2) is 0 Å². The smallest absolute Gasteiger partial charge is 0.325 e. The lowest BCUT2D eigenvalue weighted by Crippen LogP contribution is -2.51. The van der Waals surface area contributed by atoms with E-state index < -0.39 is 0 Å². The maximum atomic E-state index is 10.9. The molecular weight excluding hydrogens is 146 g/mol. The molecule has 2 atom stereocenters. The number of methoxy groups -OCH3 is 1. The van der Waals surface area contributed by atoms with Gasteiger partial charge in [-0.05, 0) is 6.92 Å². The van der Waals surface area contributed by atoms with Crippen molar-refractivity contribution >= 4 is 5.97 Å². The van der Waals surface area contributed by atoms with Crippen LogP contribution in [0.3, 0.4) is 0 Å². The highest BCUT2D eigenvalue weighted by Crippen LogP contribution is 1.99. The van der Waals surface area contributed by atoms with Crippen LogP contribution in [-0.2, 0) is 14.3 Å². The third-order valence-electron chi connectivity index (χ3n) is 1.62. The zero-order valence-corrected chi connectivity index (χ0v) is 6.79. The molecule has 4 heteroatoms. The molecule has 1 rings (SSSR count). The summed E-state index contributed by atoms with van der Waals surface area (Å²) in [6, 6.07) is -0.0587. The van der Waals surface area contributed by atoms with Crippen LogP contribution in [-0.4, -0.2) is 38.4 Å². The molecule has 0 aromatic rings. The van der Waals surface area contributed by atoms with Crippen molar-refractivity contribution in [2.45, 2.75) is 19.0 Å². The van der Waals surface area contributed by atoms with Gasteiger partial charge in [-0.1, -0.05) is 0 Å². The van der Waals surface area contributed by atoms with Gasteiger partial charge in [0.2, 0.25) is 0 Å². The molecule has 64 valence electrons. The maximum Gasteiger partial charge on any atom is 0.325 e. The highest BCUT2D eigenvalue weighted by atomic mass is 16.5. The van der Waals surface area contributed by atoms with E-state index in [2.05, 4.69) is 10.1 Å². The average Bonchev–Trinajstić information content (AvgIpc) is 2.03. The fourth-order valence-corrected chi connectivity index (χ4v) is 1.08. The molecule has 0 bridgehead atoms. The fraction of sp³-hybridized carbons (Fsp3) is 0.857. The second-order valence-corrected chi connectivity index (χ2v) is 2.68. The van der Waals surface area contributed by atoms with Gasteiger partial charge in [-0.2, -0.15) is 0 Å². The van der Waals surface area contributed by atoms with E-state index in [-0.39, 0.29) is 18.1 Å². The van der Waals surface area contributed by atoms with E-state index in [9.17, 15) is 4.79 Å². The molecular formula is C7H13NO3. The molecule has 11 heavy (non-hydrogen) atoms. The maximum absolute atomic E-state index is 10.9. The Labute approximate surface area is 65.9 Å². The number of rotatable bonds is 1. The normalized spacial score (nSPS) is 31.5.